The standard InChI is InChI=1S/C31H38N4O3/c1-33-16-18-34(19-17-33)28-12-13-29(38-2)26-14-15-35(22-27(26)28)31(37)21-24-8-10-25(11-9-24)32-30(36)20-23-6-4-3-5-7-23/h3-11,22,28H,12-21H2,1-2H3,(H,32,36). The Labute approximate surface area is 225 Å². The van der Waals surface area contributed by atoms with Gasteiger partial charge in [-0.05, 0) is 54.3 Å². The summed E-state index contributed by atoms with van der Waals surface area (Å²) in [6, 6.07) is 17.6. The molecule has 7 nitrogen and oxygen atoms in total. The number of fused-ring (bicyclic) bond motifs is 1. The highest BCUT2D eigenvalue weighted by Crippen LogP contribution is 2.38. The fourth-order valence-corrected chi connectivity index (χ4v) is 5.75. The fraction of sp³-hybridized carbons (Fsp3) is 0.419. The number of rotatable bonds is 7. The van der Waals surface area contributed by atoms with Crippen LogP contribution in [0.15, 0.2) is 77.7 Å². The number of allylic oxidation sites excluding steroid dienone is 1. The van der Waals surface area contributed by atoms with Gasteiger partial charge >= 0.3 is 0 Å². The summed E-state index contributed by atoms with van der Waals surface area (Å²) in [5.41, 5.74) is 5.20. The first kappa shape index (κ1) is 26.2. The Morgan fingerprint density at radius 2 is 1.61 bits per heavy atom. The maximum Gasteiger partial charge on any atom is 0.230 e. The molecule has 7 heteroatoms. The van der Waals surface area contributed by atoms with E-state index in [1.165, 1.54) is 11.1 Å². The van der Waals surface area contributed by atoms with E-state index in [0.717, 1.165) is 68.0 Å². The van der Waals surface area contributed by atoms with E-state index in [2.05, 4.69) is 28.4 Å². The van der Waals surface area contributed by atoms with Crippen LogP contribution in [-0.4, -0.2) is 79.4 Å². The molecule has 1 unspecified atom stereocenters. The SMILES string of the molecule is COC1=C2CCN(C(=O)Cc3ccc(NC(=O)Cc4ccccc4)cc3)C=C2C(N2CCN(C)CC2)CC1. The third-order valence-corrected chi connectivity index (χ3v) is 7.93. The fourth-order valence-electron chi connectivity index (χ4n) is 5.75. The van der Waals surface area contributed by atoms with Crippen LogP contribution in [0.25, 0.3) is 0 Å². The molecule has 38 heavy (non-hydrogen) atoms. The van der Waals surface area contributed by atoms with Crippen molar-refractivity contribution in [2.45, 2.75) is 38.1 Å². The van der Waals surface area contributed by atoms with Crippen molar-refractivity contribution in [1.82, 2.24) is 14.7 Å². The second-order valence-electron chi connectivity index (χ2n) is 10.5. The van der Waals surface area contributed by atoms with E-state index < -0.39 is 0 Å². The number of piperazine rings is 1. The first-order valence-corrected chi connectivity index (χ1v) is 13.6. The van der Waals surface area contributed by atoms with Crippen LogP contribution in [0, 0.1) is 0 Å². The Kier molecular flexibility index (Phi) is 8.25. The topological polar surface area (TPSA) is 65.1 Å². The number of carbonyl (C=O) groups excluding carboxylic acids is 2. The minimum atomic E-state index is -0.0540. The van der Waals surface area contributed by atoms with Crippen LogP contribution in [0.4, 0.5) is 5.69 Å². The molecule has 2 aliphatic heterocycles. The van der Waals surface area contributed by atoms with Gasteiger partial charge in [0.2, 0.25) is 11.8 Å². The second-order valence-corrected chi connectivity index (χ2v) is 10.5. The summed E-state index contributed by atoms with van der Waals surface area (Å²) in [5.74, 6) is 1.12. The molecule has 3 aliphatic rings. The van der Waals surface area contributed by atoms with Crippen LogP contribution in [0.3, 0.4) is 0 Å². The maximum atomic E-state index is 13.3. The number of anilines is 1. The first-order valence-electron chi connectivity index (χ1n) is 13.6. The number of methoxy groups -OCH3 is 1. The van der Waals surface area contributed by atoms with Crippen LogP contribution < -0.4 is 5.32 Å². The number of benzene rings is 2. The summed E-state index contributed by atoms with van der Waals surface area (Å²) in [6.45, 7) is 4.93. The number of likely N-dealkylation sites (N-methyl/N-ethyl adjacent to an activating group) is 1. The van der Waals surface area contributed by atoms with Crippen molar-refractivity contribution in [3.63, 3.8) is 0 Å². The molecule has 0 aromatic heterocycles. The number of nitrogens with zero attached hydrogens (tertiary/aromatic N) is 3. The van der Waals surface area contributed by atoms with Crippen molar-refractivity contribution < 1.29 is 14.3 Å². The van der Waals surface area contributed by atoms with Crippen LogP contribution in [-0.2, 0) is 27.2 Å². The van der Waals surface area contributed by atoms with Gasteiger partial charge in [-0.2, -0.15) is 0 Å². The van der Waals surface area contributed by atoms with E-state index in [4.69, 9.17) is 4.74 Å². The van der Waals surface area contributed by atoms with Gasteiger partial charge in [-0.15, -0.1) is 0 Å². The maximum absolute atomic E-state index is 13.3. The monoisotopic (exact) mass is 514 g/mol. The van der Waals surface area contributed by atoms with Crippen LogP contribution >= 0.6 is 0 Å². The third-order valence-electron chi connectivity index (χ3n) is 7.93. The van der Waals surface area contributed by atoms with E-state index in [1.54, 1.807) is 7.11 Å². The second kappa shape index (κ2) is 12.0. The van der Waals surface area contributed by atoms with E-state index in [1.807, 2.05) is 59.5 Å². The highest BCUT2D eigenvalue weighted by atomic mass is 16.5. The quantitative estimate of drug-likeness (QED) is 0.608. The Balaban J connectivity index is 1.23. The van der Waals surface area contributed by atoms with E-state index in [-0.39, 0.29) is 11.8 Å². The predicted molar refractivity (Wildman–Crippen MR) is 149 cm³/mol. The zero-order chi connectivity index (χ0) is 26.5. The van der Waals surface area contributed by atoms with Gasteiger partial charge in [0.15, 0.2) is 0 Å². The Bertz CT molecular complexity index is 1200. The molecule has 2 aromatic rings. The summed E-state index contributed by atoms with van der Waals surface area (Å²) in [6.07, 6.45) is 5.58. The summed E-state index contributed by atoms with van der Waals surface area (Å²) in [4.78, 5) is 32.6. The van der Waals surface area contributed by atoms with Gasteiger partial charge in [-0.1, -0.05) is 42.5 Å². The van der Waals surface area contributed by atoms with Crippen molar-refractivity contribution in [1.29, 1.82) is 0 Å². The minimum absolute atomic E-state index is 0.0540. The largest absolute Gasteiger partial charge is 0.501 e. The first-order chi connectivity index (χ1) is 18.5. The van der Waals surface area contributed by atoms with E-state index >= 15 is 0 Å². The van der Waals surface area contributed by atoms with Crippen molar-refractivity contribution in [3.05, 3.63) is 88.8 Å². The molecule has 1 N–H and O–H groups in total. The van der Waals surface area contributed by atoms with Gasteiger partial charge in [0.05, 0.1) is 25.7 Å². The lowest BCUT2D eigenvalue weighted by atomic mass is 9.83. The Morgan fingerprint density at radius 3 is 2.32 bits per heavy atom. The van der Waals surface area contributed by atoms with Crippen molar-refractivity contribution in [2.24, 2.45) is 0 Å². The molecule has 200 valence electrons. The van der Waals surface area contributed by atoms with Crippen molar-refractivity contribution >= 4 is 17.5 Å². The Morgan fingerprint density at radius 1 is 0.895 bits per heavy atom. The molecule has 0 bridgehead atoms. The van der Waals surface area contributed by atoms with Gasteiger partial charge < -0.3 is 19.9 Å². The molecule has 0 radical (unpaired) electrons. The van der Waals surface area contributed by atoms with Crippen molar-refractivity contribution in [2.75, 3.05) is 52.2 Å². The van der Waals surface area contributed by atoms with Gasteiger partial charge in [0.1, 0.15) is 0 Å². The van der Waals surface area contributed by atoms with Crippen LogP contribution in [0.2, 0.25) is 0 Å². The molecule has 0 spiro atoms. The number of hydrogen-bond donors (Lipinski definition) is 1. The third kappa shape index (κ3) is 6.17. The number of hydrogen-bond acceptors (Lipinski definition) is 5. The van der Waals surface area contributed by atoms with Crippen LogP contribution in [0.1, 0.15) is 30.4 Å². The zero-order valence-electron chi connectivity index (χ0n) is 22.5. The molecule has 1 saturated heterocycles. The summed E-state index contributed by atoms with van der Waals surface area (Å²) in [7, 11) is 3.94. The van der Waals surface area contributed by atoms with Gasteiger partial charge in [-0.3, -0.25) is 14.5 Å². The van der Waals surface area contributed by atoms with E-state index in [0.29, 0.717) is 25.4 Å². The van der Waals surface area contributed by atoms with Crippen molar-refractivity contribution in [3.8, 4) is 0 Å². The molecule has 1 atom stereocenters. The number of amides is 2. The van der Waals surface area contributed by atoms with Gasteiger partial charge in [0, 0.05) is 57.1 Å². The molecule has 5 rings (SSSR count). The highest BCUT2D eigenvalue weighted by Gasteiger charge is 2.35. The highest BCUT2D eigenvalue weighted by molar-refractivity contribution is 5.92. The minimum Gasteiger partial charge on any atom is -0.501 e. The lowest BCUT2D eigenvalue weighted by Gasteiger charge is -2.43. The molecule has 1 fully saturated rings. The lowest BCUT2D eigenvalue weighted by molar-refractivity contribution is -0.128. The summed E-state index contributed by atoms with van der Waals surface area (Å²) in [5, 5.41) is 2.95. The smallest absolute Gasteiger partial charge is 0.230 e. The normalized spacial score (nSPS) is 20.5. The summed E-state index contributed by atoms with van der Waals surface area (Å²) >= 11 is 0. The number of carbonyl (C=O) groups is 2. The molecular weight excluding hydrogens is 476 g/mol. The van der Waals surface area contributed by atoms with Crippen LogP contribution in [0.5, 0.6) is 0 Å². The number of ether oxygens (including phenoxy) is 1. The zero-order valence-corrected chi connectivity index (χ0v) is 22.5. The lowest BCUT2D eigenvalue weighted by Crippen LogP contribution is -2.51. The average molecular weight is 515 g/mol. The van der Waals surface area contributed by atoms with Gasteiger partial charge in [0.25, 0.3) is 0 Å². The van der Waals surface area contributed by atoms with E-state index in [9.17, 15) is 9.59 Å². The molecule has 1 aliphatic carbocycles. The summed E-state index contributed by atoms with van der Waals surface area (Å²) < 4.78 is 5.76. The molecule has 0 saturated carbocycles. The predicted octanol–water partition coefficient (Wildman–Crippen LogP) is 3.84. The number of nitrogens with one attached hydrogen (secondary N) is 1. The molecule has 2 heterocycles. The molecular formula is C31H38N4O3. The van der Waals surface area contributed by atoms with Gasteiger partial charge in [-0.25, -0.2) is 0 Å². The molecule has 2 amide bonds. The average Bonchev–Trinajstić information content (AvgIpc) is 2.94. The molecule has 2 aromatic carbocycles. The Hall–Kier alpha value is -3.42.